The third kappa shape index (κ3) is 6.60. The fourth-order valence-electron chi connectivity index (χ4n) is 6.03. The first-order chi connectivity index (χ1) is 17.2. The Morgan fingerprint density at radius 3 is 2.54 bits per heavy atom. The number of hydrogen-bond acceptors (Lipinski definition) is 5. The third-order valence-corrected chi connectivity index (χ3v) is 9.31. The van der Waals surface area contributed by atoms with Crippen molar-refractivity contribution in [3.05, 3.63) is 66.2 Å². The number of hydrogen-bond donors (Lipinski definition) is 0. The van der Waals surface area contributed by atoms with Gasteiger partial charge in [0.05, 0.1) is 32.7 Å². The van der Waals surface area contributed by atoms with E-state index in [0.29, 0.717) is 17.6 Å². The molecule has 1 unspecified atom stereocenters. The Morgan fingerprint density at radius 1 is 1.03 bits per heavy atom. The Hall–Kier alpha value is -2.02. The number of ether oxygens (including phenoxy) is 2. The summed E-state index contributed by atoms with van der Waals surface area (Å²) in [6, 6.07) is 20.8. The van der Waals surface area contributed by atoms with Crippen LogP contribution in [0, 0.1) is 5.92 Å². The zero-order valence-corrected chi connectivity index (χ0v) is 21.5. The van der Waals surface area contributed by atoms with Gasteiger partial charge in [0.15, 0.2) is 6.10 Å². The molecule has 4 fully saturated rings. The lowest BCUT2D eigenvalue weighted by atomic mass is 9.83. The molecule has 5 nitrogen and oxygen atoms in total. The Labute approximate surface area is 214 Å². The average Bonchev–Trinajstić information content (AvgIpc) is 2.92. The van der Waals surface area contributed by atoms with Crippen molar-refractivity contribution in [3.63, 3.8) is 0 Å². The van der Waals surface area contributed by atoms with Crippen molar-refractivity contribution in [2.75, 3.05) is 58.2 Å². The molecule has 6 rings (SSSR count). The molecule has 4 heterocycles. The minimum absolute atomic E-state index is 0.0104. The predicted molar refractivity (Wildman–Crippen MR) is 142 cm³/mol. The van der Waals surface area contributed by atoms with Crippen LogP contribution in [0.5, 0.6) is 5.75 Å². The van der Waals surface area contributed by atoms with Crippen LogP contribution < -0.4 is 4.74 Å². The van der Waals surface area contributed by atoms with E-state index in [1.54, 1.807) is 0 Å². The molecule has 0 radical (unpaired) electrons. The zero-order valence-electron chi connectivity index (χ0n) is 20.7. The van der Waals surface area contributed by atoms with Gasteiger partial charge < -0.3 is 18.9 Å². The van der Waals surface area contributed by atoms with Crippen molar-refractivity contribution >= 4 is 17.7 Å². The molecule has 2 bridgehead atoms. The van der Waals surface area contributed by atoms with Gasteiger partial charge in [-0.2, -0.15) is 11.8 Å². The van der Waals surface area contributed by atoms with Crippen molar-refractivity contribution in [2.45, 2.75) is 37.0 Å². The highest BCUT2D eigenvalue weighted by molar-refractivity contribution is 7.99. The summed E-state index contributed by atoms with van der Waals surface area (Å²) in [5.74, 6) is 2.60. The van der Waals surface area contributed by atoms with Crippen molar-refractivity contribution < 1.29 is 18.8 Å². The van der Waals surface area contributed by atoms with E-state index in [2.05, 4.69) is 35.2 Å². The fraction of sp³-hybridized carbons (Fsp3) is 0.552. The minimum Gasteiger partial charge on any atom is -0.493 e. The molecule has 0 N–H and O–H groups in total. The number of carbonyl (C=O) groups is 1. The minimum atomic E-state index is -0.0104. The van der Waals surface area contributed by atoms with E-state index in [-0.39, 0.29) is 12.1 Å². The highest BCUT2D eigenvalue weighted by Gasteiger charge is 2.47. The van der Waals surface area contributed by atoms with Crippen LogP contribution in [0.25, 0.3) is 0 Å². The topological polar surface area (TPSA) is 38.8 Å². The number of para-hydroxylation sites is 1. The summed E-state index contributed by atoms with van der Waals surface area (Å²) in [6.45, 7) is 8.15. The first-order valence-corrected chi connectivity index (χ1v) is 14.4. The Morgan fingerprint density at radius 2 is 1.77 bits per heavy atom. The van der Waals surface area contributed by atoms with Crippen LogP contribution in [0.15, 0.2) is 60.7 Å². The molecule has 6 heteroatoms. The largest absolute Gasteiger partial charge is 0.493 e. The molecule has 0 saturated carbocycles. The molecule has 4 saturated heterocycles. The van der Waals surface area contributed by atoms with Crippen LogP contribution in [0.4, 0.5) is 0 Å². The second-order valence-electron chi connectivity index (χ2n) is 10.4. The van der Waals surface area contributed by atoms with Crippen LogP contribution in [-0.4, -0.2) is 79.6 Å². The van der Waals surface area contributed by atoms with Crippen molar-refractivity contribution in [1.82, 2.24) is 4.90 Å². The maximum absolute atomic E-state index is 12.8. The Balaban J connectivity index is 1.05. The number of thioether (sulfide) groups is 1. The van der Waals surface area contributed by atoms with E-state index in [1.165, 1.54) is 31.5 Å². The van der Waals surface area contributed by atoms with Crippen molar-refractivity contribution in [1.29, 1.82) is 0 Å². The highest BCUT2D eigenvalue weighted by atomic mass is 32.2. The van der Waals surface area contributed by atoms with Gasteiger partial charge in [-0.05, 0) is 17.7 Å². The Bertz CT molecular complexity index is 933. The number of piperidine rings is 3. The first kappa shape index (κ1) is 24.7. The number of benzene rings is 2. The third-order valence-electron chi connectivity index (χ3n) is 8.07. The number of rotatable bonds is 10. The lowest BCUT2D eigenvalue weighted by Crippen LogP contribution is -2.64. The first-order valence-electron chi connectivity index (χ1n) is 13.3. The van der Waals surface area contributed by atoms with E-state index < -0.39 is 0 Å². The molecule has 4 aliphatic rings. The van der Waals surface area contributed by atoms with Crippen LogP contribution in [0.2, 0.25) is 0 Å². The number of carbonyl (C=O) groups excluding carboxylic acids is 1. The maximum atomic E-state index is 12.8. The molecule has 0 aliphatic carbocycles. The maximum Gasteiger partial charge on any atom is 0.307 e. The second kappa shape index (κ2) is 11.8. The van der Waals surface area contributed by atoms with E-state index >= 15 is 0 Å². The van der Waals surface area contributed by atoms with Gasteiger partial charge in [0.1, 0.15) is 12.3 Å². The molecule has 0 spiro atoms. The van der Waals surface area contributed by atoms with Gasteiger partial charge in [-0.1, -0.05) is 48.5 Å². The number of nitrogens with zero attached hydrogens (tertiary/aromatic N) is 2. The van der Waals surface area contributed by atoms with Gasteiger partial charge in [0.25, 0.3) is 0 Å². The van der Waals surface area contributed by atoms with Gasteiger partial charge in [0.2, 0.25) is 0 Å². The molecule has 2 aromatic carbocycles. The van der Waals surface area contributed by atoms with Gasteiger partial charge in [-0.15, -0.1) is 0 Å². The van der Waals surface area contributed by atoms with Crippen LogP contribution in [-0.2, 0) is 9.53 Å². The number of quaternary nitrogens is 1. The molecular formula is C29H39N2O3S+. The summed E-state index contributed by atoms with van der Waals surface area (Å²) in [7, 11) is 0. The summed E-state index contributed by atoms with van der Waals surface area (Å²) in [4.78, 5) is 15.3. The number of fused-ring (bicyclic) bond motifs is 3. The molecule has 2 aromatic rings. The SMILES string of the molecule is O=C(CCN1CCSC(c2ccccc2)C1)O[C@@H]1C[N+]2(CCCOc3ccccc3)CCC1CC2. The van der Waals surface area contributed by atoms with E-state index in [1.807, 2.05) is 42.1 Å². The van der Waals surface area contributed by atoms with Gasteiger partial charge in [-0.25, -0.2) is 0 Å². The van der Waals surface area contributed by atoms with Crippen molar-refractivity contribution in [2.24, 2.45) is 5.92 Å². The highest BCUT2D eigenvalue weighted by Crippen LogP contribution is 2.36. The summed E-state index contributed by atoms with van der Waals surface area (Å²) >= 11 is 2.03. The number of esters is 1. The molecular weight excluding hydrogens is 456 g/mol. The quantitative estimate of drug-likeness (QED) is 0.269. The van der Waals surface area contributed by atoms with Gasteiger partial charge in [-0.3, -0.25) is 4.79 Å². The Kier molecular flexibility index (Phi) is 8.32. The average molecular weight is 496 g/mol. The fourth-order valence-corrected chi connectivity index (χ4v) is 7.34. The summed E-state index contributed by atoms with van der Waals surface area (Å²) < 4.78 is 13.1. The molecule has 4 aliphatic heterocycles. The standard InChI is InChI=1S/C29H39N2O3S/c32-29(12-15-30-16-21-35-28(22-30)25-8-3-1-4-9-25)34-27-23-31(18-13-24(27)14-19-31)17-7-20-33-26-10-5-2-6-11-26/h1-6,8-11,24,27-28H,7,12-23H2/q+1/t24?,27-,28?,31?/m1/s1. The smallest absolute Gasteiger partial charge is 0.307 e. The predicted octanol–water partition coefficient (Wildman–Crippen LogP) is 4.79. The monoisotopic (exact) mass is 495 g/mol. The van der Waals surface area contributed by atoms with Gasteiger partial charge >= 0.3 is 5.97 Å². The summed E-state index contributed by atoms with van der Waals surface area (Å²) in [6.07, 6.45) is 3.99. The summed E-state index contributed by atoms with van der Waals surface area (Å²) in [5.41, 5.74) is 1.39. The second-order valence-corrected chi connectivity index (χ2v) is 11.7. The lowest BCUT2D eigenvalue weighted by Gasteiger charge is -2.52. The van der Waals surface area contributed by atoms with Gasteiger partial charge in [0, 0.05) is 55.8 Å². The molecule has 188 valence electrons. The van der Waals surface area contributed by atoms with E-state index in [9.17, 15) is 4.79 Å². The van der Waals surface area contributed by atoms with Crippen molar-refractivity contribution in [3.8, 4) is 5.75 Å². The van der Waals surface area contributed by atoms with Crippen LogP contribution in [0.1, 0.15) is 36.5 Å². The normalized spacial score (nSPS) is 28.5. The van der Waals surface area contributed by atoms with E-state index in [0.717, 1.165) is 61.7 Å². The zero-order chi connectivity index (χ0) is 23.9. The van der Waals surface area contributed by atoms with Crippen LogP contribution >= 0.6 is 11.8 Å². The molecule has 0 aromatic heterocycles. The molecule has 0 amide bonds. The summed E-state index contributed by atoms with van der Waals surface area (Å²) in [5, 5.41) is 0.498. The van der Waals surface area contributed by atoms with Crippen LogP contribution in [0.3, 0.4) is 0 Å². The molecule has 35 heavy (non-hydrogen) atoms. The molecule has 2 atom stereocenters. The van der Waals surface area contributed by atoms with E-state index in [4.69, 9.17) is 9.47 Å². The lowest BCUT2D eigenvalue weighted by molar-refractivity contribution is -0.946.